The largest absolute Gasteiger partial charge is 0.484 e. The minimum absolute atomic E-state index is 0.206. The number of rotatable bonds is 7. The maximum absolute atomic E-state index is 12.8. The summed E-state index contributed by atoms with van der Waals surface area (Å²) in [5.74, 6) is 1.45. The van der Waals surface area contributed by atoms with Gasteiger partial charge >= 0.3 is 0 Å². The van der Waals surface area contributed by atoms with Crippen LogP contribution in [0.15, 0.2) is 57.3 Å². The lowest BCUT2D eigenvalue weighted by atomic mass is 10.3. The Bertz CT molecular complexity index is 1170. The van der Waals surface area contributed by atoms with Crippen molar-refractivity contribution in [2.75, 3.05) is 0 Å². The van der Waals surface area contributed by atoms with Crippen LogP contribution in [0.2, 0.25) is 5.02 Å². The second-order valence-electron chi connectivity index (χ2n) is 6.75. The first kappa shape index (κ1) is 21.6. The number of benzene rings is 1. The normalized spacial score (nSPS) is 15.1. The molecule has 0 saturated carbocycles. The summed E-state index contributed by atoms with van der Waals surface area (Å²) in [5.41, 5.74) is 1.26. The molecule has 1 saturated heterocycles. The zero-order chi connectivity index (χ0) is 22.0. The number of furan rings is 1. The molecule has 0 atom stereocenters. The molecule has 2 aromatic heterocycles. The van der Waals surface area contributed by atoms with Crippen LogP contribution in [-0.2, 0) is 24.5 Å². The molecule has 1 fully saturated rings. The summed E-state index contributed by atoms with van der Waals surface area (Å²) in [6, 6.07) is 8.93. The Hall–Kier alpha value is -2.62. The highest BCUT2D eigenvalue weighted by molar-refractivity contribution is 9.10. The van der Waals surface area contributed by atoms with Crippen molar-refractivity contribution in [3.63, 3.8) is 0 Å². The fraction of sp³-hybridized carbons (Fsp3) is 0.190. The first-order valence-electron chi connectivity index (χ1n) is 9.45. The van der Waals surface area contributed by atoms with Crippen molar-refractivity contribution in [3.8, 4) is 5.75 Å². The Kier molecular flexibility index (Phi) is 6.45. The zero-order valence-electron chi connectivity index (χ0n) is 16.5. The summed E-state index contributed by atoms with van der Waals surface area (Å²) in [4.78, 5) is 14.3. The lowest BCUT2D eigenvalue weighted by molar-refractivity contribution is -0.122. The molecule has 0 bridgehead atoms. The Morgan fingerprint density at radius 1 is 1.35 bits per heavy atom. The fourth-order valence-electron chi connectivity index (χ4n) is 2.99. The standard InChI is InChI=1S/C21H18BrClN4O3S/c1-2-26-10-13(9-24-26)11-27-20(28)18(25-21(27)31)8-15-4-5-16(30-15)12-29-19-6-3-14(22)7-17(19)23/h3-10H,2,11-12H2,1H3,(H,25,31)/b18-8+. The number of aryl methyl sites for hydroxylation is 1. The van der Waals surface area contributed by atoms with Gasteiger partial charge in [0.25, 0.3) is 5.91 Å². The molecule has 160 valence electrons. The zero-order valence-corrected chi connectivity index (χ0v) is 19.6. The number of hydrogen-bond acceptors (Lipinski definition) is 5. The van der Waals surface area contributed by atoms with Gasteiger partial charge in [-0.3, -0.25) is 14.4 Å². The van der Waals surface area contributed by atoms with Crippen LogP contribution in [0, 0.1) is 0 Å². The maximum atomic E-state index is 12.8. The van der Waals surface area contributed by atoms with Gasteiger partial charge in [0.1, 0.15) is 29.6 Å². The van der Waals surface area contributed by atoms with Gasteiger partial charge in [-0.2, -0.15) is 5.10 Å². The van der Waals surface area contributed by atoms with Crippen LogP contribution in [0.25, 0.3) is 6.08 Å². The number of amides is 1. The number of nitrogens with zero attached hydrogens (tertiary/aromatic N) is 3. The number of ether oxygens (including phenoxy) is 1. The van der Waals surface area contributed by atoms with Crippen molar-refractivity contribution in [2.24, 2.45) is 0 Å². The predicted octanol–water partition coefficient (Wildman–Crippen LogP) is 4.75. The number of carbonyl (C=O) groups is 1. The van der Waals surface area contributed by atoms with E-state index in [4.69, 9.17) is 33.0 Å². The van der Waals surface area contributed by atoms with Crippen LogP contribution in [0.1, 0.15) is 24.0 Å². The highest BCUT2D eigenvalue weighted by Crippen LogP contribution is 2.28. The van der Waals surface area contributed by atoms with Crippen LogP contribution in [0.4, 0.5) is 0 Å². The smallest absolute Gasteiger partial charge is 0.276 e. The molecular weight excluding hydrogens is 504 g/mol. The maximum Gasteiger partial charge on any atom is 0.276 e. The molecule has 1 N–H and O–H groups in total. The van der Waals surface area contributed by atoms with E-state index in [2.05, 4.69) is 26.3 Å². The molecule has 31 heavy (non-hydrogen) atoms. The second kappa shape index (κ2) is 9.25. The highest BCUT2D eigenvalue weighted by Gasteiger charge is 2.31. The highest BCUT2D eigenvalue weighted by atomic mass is 79.9. The van der Waals surface area contributed by atoms with Crippen molar-refractivity contribution in [1.29, 1.82) is 0 Å². The van der Waals surface area contributed by atoms with Gasteiger partial charge in [0.05, 0.1) is 17.8 Å². The van der Waals surface area contributed by atoms with E-state index in [-0.39, 0.29) is 12.5 Å². The van der Waals surface area contributed by atoms with E-state index in [1.165, 1.54) is 4.90 Å². The fourth-order valence-corrected chi connectivity index (χ4v) is 3.98. The van der Waals surface area contributed by atoms with E-state index in [1.807, 2.05) is 19.2 Å². The van der Waals surface area contributed by atoms with Gasteiger partial charge in [-0.05, 0) is 49.5 Å². The van der Waals surface area contributed by atoms with Crippen LogP contribution >= 0.6 is 39.7 Å². The number of thiocarbonyl (C=S) groups is 1. The van der Waals surface area contributed by atoms with Gasteiger partial charge < -0.3 is 14.5 Å². The van der Waals surface area contributed by atoms with E-state index in [0.717, 1.165) is 16.6 Å². The quantitative estimate of drug-likeness (QED) is 0.357. The number of halogens is 2. The Balaban J connectivity index is 1.41. The Morgan fingerprint density at radius 2 is 2.19 bits per heavy atom. The average molecular weight is 522 g/mol. The lowest BCUT2D eigenvalue weighted by Crippen LogP contribution is -2.29. The molecule has 3 heterocycles. The Labute approximate surface area is 197 Å². The summed E-state index contributed by atoms with van der Waals surface area (Å²) in [7, 11) is 0. The van der Waals surface area contributed by atoms with Gasteiger partial charge in [-0.1, -0.05) is 27.5 Å². The predicted molar refractivity (Wildman–Crippen MR) is 124 cm³/mol. The minimum atomic E-state index is -0.218. The van der Waals surface area contributed by atoms with Crippen molar-refractivity contribution < 1.29 is 13.9 Å². The van der Waals surface area contributed by atoms with E-state index < -0.39 is 0 Å². The first-order valence-corrected chi connectivity index (χ1v) is 11.0. The molecule has 1 aliphatic rings. The molecule has 0 spiro atoms. The van der Waals surface area contributed by atoms with Gasteiger partial charge in [0, 0.05) is 28.9 Å². The third-order valence-corrected chi connectivity index (χ3v) is 5.66. The van der Waals surface area contributed by atoms with Gasteiger partial charge in [0.2, 0.25) is 0 Å². The van der Waals surface area contributed by atoms with Crippen LogP contribution in [0.5, 0.6) is 5.75 Å². The number of hydrogen-bond donors (Lipinski definition) is 1. The molecule has 3 aromatic rings. The van der Waals surface area contributed by atoms with Crippen molar-refractivity contribution in [2.45, 2.75) is 26.6 Å². The third kappa shape index (κ3) is 5.00. The van der Waals surface area contributed by atoms with E-state index in [1.54, 1.807) is 41.2 Å². The number of nitrogens with one attached hydrogen (secondary N) is 1. The van der Waals surface area contributed by atoms with E-state index in [9.17, 15) is 4.79 Å². The van der Waals surface area contributed by atoms with Gasteiger partial charge in [-0.15, -0.1) is 0 Å². The summed E-state index contributed by atoms with van der Waals surface area (Å²) in [6.07, 6.45) is 5.26. The SMILES string of the molecule is CCn1cc(CN2C(=O)/C(=C\c3ccc(COc4ccc(Br)cc4Cl)o3)NC2=S)cn1. The van der Waals surface area contributed by atoms with Crippen LogP contribution < -0.4 is 10.1 Å². The minimum Gasteiger partial charge on any atom is -0.484 e. The van der Waals surface area contributed by atoms with Crippen molar-refractivity contribution in [1.82, 2.24) is 20.0 Å². The van der Waals surface area contributed by atoms with Crippen LogP contribution in [0.3, 0.4) is 0 Å². The first-order chi connectivity index (χ1) is 14.9. The molecule has 10 heteroatoms. The van der Waals surface area contributed by atoms with E-state index >= 15 is 0 Å². The lowest BCUT2D eigenvalue weighted by Gasteiger charge is -2.12. The Morgan fingerprint density at radius 3 is 2.94 bits per heavy atom. The molecule has 0 unspecified atom stereocenters. The molecule has 0 radical (unpaired) electrons. The van der Waals surface area contributed by atoms with Gasteiger partial charge in [-0.25, -0.2) is 0 Å². The summed E-state index contributed by atoms with van der Waals surface area (Å²) < 4.78 is 14.1. The monoisotopic (exact) mass is 520 g/mol. The molecule has 0 aliphatic carbocycles. The van der Waals surface area contributed by atoms with Crippen molar-refractivity contribution in [3.05, 3.63) is 75.0 Å². The molecule has 4 rings (SSSR count). The molecule has 1 aliphatic heterocycles. The van der Waals surface area contributed by atoms with Crippen molar-refractivity contribution >= 4 is 56.8 Å². The average Bonchev–Trinajstić information content (AvgIpc) is 3.44. The molecule has 1 amide bonds. The molecular formula is C21H18BrClN4O3S. The second-order valence-corrected chi connectivity index (χ2v) is 8.46. The molecule has 7 nitrogen and oxygen atoms in total. The number of carbonyl (C=O) groups excluding carboxylic acids is 1. The summed E-state index contributed by atoms with van der Waals surface area (Å²) in [6.45, 7) is 3.33. The molecule has 1 aromatic carbocycles. The van der Waals surface area contributed by atoms with E-state index in [0.29, 0.717) is 39.6 Å². The van der Waals surface area contributed by atoms with Crippen LogP contribution in [-0.4, -0.2) is 25.7 Å². The third-order valence-electron chi connectivity index (χ3n) is 4.55. The van der Waals surface area contributed by atoms with Gasteiger partial charge in [0.15, 0.2) is 5.11 Å². The number of aromatic nitrogens is 2. The summed E-state index contributed by atoms with van der Waals surface area (Å²) >= 11 is 14.8. The summed E-state index contributed by atoms with van der Waals surface area (Å²) in [5, 5.41) is 8.03. The topological polar surface area (TPSA) is 72.5 Å².